The highest BCUT2D eigenvalue weighted by atomic mass is 16.5. The van der Waals surface area contributed by atoms with Crippen LogP contribution in [0.2, 0.25) is 0 Å². The summed E-state index contributed by atoms with van der Waals surface area (Å²) in [6, 6.07) is 26.8. The Kier molecular flexibility index (Phi) is 9.86. The molecule has 5 aromatic carbocycles. The van der Waals surface area contributed by atoms with Crippen LogP contribution >= 0.6 is 0 Å². The van der Waals surface area contributed by atoms with Gasteiger partial charge in [-0.25, -0.2) is 9.78 Å². The van der Waals surface area contributed by atoms with Gasteiger partial charge in [-0.3, -0.25) is 9.59 Å². The maximum Gasteiger partial charge on any atom is 0.336 e. The van der Waals surface area contributed by atoms with E-state index >= 15 is 0 Å². The maximum atomic E-state index is 13.1. The van der Waals surface area contributed by atoms with Crippen molar-refractivity contribution in [2.75, 3.05) is 23.7 Å². The Labute approximate surface area is 314 Å². The summed E-state index contributed by atoms with van der Waals surface area (Å²) in [6.45, 7) is 2.05. The number of ether oxygens (including phenoxy) is 1. The molecule has 14 nitrogen and oxygen atoms in total. The molecule has 0 atom stereocenters. The average Bonchev–Trinajstić information content (AvgIpc) is 3.16. The molecule has 0 spiro atoms. The van der Waals surface area contributed by atoms with E-state index in [2.05, 4.69) is 31.2 Å². The minimum Gasteiger partial charge on any atom is -0.508 e. The van der Waals surface area contributed by atoms with Crippen LogP contribution in [0.4, 0.5) is 23.1 Å². The minimum absolute atomic E-state index is 0.0445. The molecule has 6 aromatic rings. The highest BCUT2D eigenvalue weighted by Gasteiger charge is 2.32. The van der Waals surface area contributed by atoms with Gasteiger partial charge in [0.25, 0.3) is 11.8 Å². The number of carboxylic acids is 1. The van der Waals surface area contributed by atoms with Crippen molar-refractivity contribution in [3.63, 3.8) is 0 Å². The summed E-state index contributed by atoms with van der Waals surface area (Å²) in [5.74, 6) is -1.38. The Morgan fingerprint density at radius 2 is 1.31 bits per heavy atom. The molecule has 0 radical (unpaired) electrons. The number of nitrogens with zero attached hydrogens (tertiary/aromatic N) is 2. The number of carbonyl (C=O) groups excluding carboxylic acids is 2. The molecule has 8 N–H and O–H groups in total. The zero-order chi connectivity index (χ0) is 38.6. The number of hydrogen-bond acceptors (Lipinski definition) is 11. The number of aromatic nitrogens is 2. The van der Waals surface area contributed by atoms with Crippen LogP contribution in [0.25, 0.3) is 0 Å². The van der Waals surface area contributed by atoms with Gasteiger partial charge in [0.15, 0.2) is 0 Å². The molecule has 0 fully saturated rings. The fourth-order valence-corrected chi connectivity index (χ4v) is 6.25. The van der Waals surface area contributed by atoms with Crippen LogP contribution in [0.1, 0.15) is 59.2 Å². The first kappa shape index (κ1) is 35.8. The number of benzene rings is 5. The molecule has 2 heterocycles. The largest absolute Gasteiger partial charge is 0.508 e. The lowest BCUT2D eigenvalue weighted by molar-refractivity contribution is 0.0695. The number of aromatic carboxylic acids is 1. The molecule has 2 amide bonds. The molecule has 55 heavy (non-hydrogen) atoms. The summed E-state index contributed by atoms with van der Waals surface area (Å²) in [7, 11) is 0. The lowest BCUT2D eigenvalue weighted by atomic mass is 9.80. The van der Waals surface area contributed by atoms with Crippen LogP contribution in [0, 0.1) is 6.92 Å². The average molecular weight is 739 g/mol. The molecule has 0 saturated carbocycles. The first-order valence-electron chi connectivity index (χ1n) is 17.1. The van der Waals surface area contributed by atoms with E-state index in [-0.39, 0.29) is 53.3 Å². The fraction of sp³-hybridized carbons (Fsp3) is 0.0976. The van der Waals surface area contributed by atoms with Crippen LogP contribution in [0.15, 0.2) is 109 Å². The van der Waals surface area contributed by atoms with Crippen molar-refractivity contribution in [2.24, 2.45) is 0 Å². The van der Waals surface area contributed by atoms with Gasteiger partial charge in [-0.05, 0) is 72.6 Å². The quantitative estimate of drug-likeness (QED) is 0.0665. The molecular weight excluding hydrogens is 704 g/mol. The van der Waals surface area contributed by atoms with E-state index in [1.165, 1.54) is 36.4 Å². The second-order valence-electron chi connectivity index (χ2n) is 12.7. The molecule has 1 aliphatic heterocycles. The van der Waals surface area contributed by atoms with Crippen molar-refractivity contribution in [2.45, 2.75) is 12.8 Å². The monoisotopic (exact) mass is 738 g/mol. The van der Waals surface area contributed by atoms with Crippen molar-refractivity contribution in [3.8, 4) is 28.7 Å². The van der Waals surface area contributed by atoms with E-state index in [0.717, 1.165) is 5.56 Å². The highest BCUT2D eigenvalue weighted by molar-refractivity contribution is 5.99. The number of hydrogen-bond donors (Lipinski definition) is 8. The molecule has 14 heteroatoms. The zero-order valence-corrected chi connectivity index (χ0v) is 29.2. The Hall–Kier alpha value is -7.61. The summed E-state index contributed by atoms with van der Waals surface area (Å²) >= 11 is 0. The summed E-state index contributed by atoms with van der Waals surface area (Å²) in [5.41, 5.74) is 4.10. The number of amides is 2. The van der Waals surface area contributed by atoms with Crippen molar-refractivity contribution >= 4 is 40.9 Å². The van der Waals surface area contributed by atoms with E-state index in [4.69, 9.17) is 4.74 Å². The van der Waals surface area contributed by atoms with Gasteiger partial charge in [-0.1, -0.05) is 30.3 Å². The first-order valence-corrected chi connectivity index (χ1v) is 17.1. The lowest BCUT2D eigenvalue weighted by Crippen LogP contribution is -2.34. The van der Waals surface area contributed by atoms with Crippen LogP contribution in [0.3, 0.4) is 0 Å². The molecule has 0 aliphatic carbocycles. The number of phenols is 3. The molecule has 0 bridgehead atoms. The van der Waals surface area contributed by atoms with Crippen molar-refractivity contribution in [3.05, 3.63) is 148 Å². The molecule has 0 unspecified atom stereocenters. The minimum atomic E-state index is -1.25. The summed E-state index contributed by atoms with van der Waals surface area (Å²) in [5, 5.41) is 52.0. The third kappa shape index (κ3) is 7.93. The van der Waals surface area contributed by atoms with Gasteiger partial charge in [0.1, 0.15) is 34.6 Å². The molecule has 7 rings (SSSR count). The van der Waals surface area contributed by atoms with Gasteiger partial charge in [0.05, 0.1) is 5.56 Å². The highest BCUT2D eigenvalue weighted by Crippen LogP contribution is 2.49. The van der Waals surface area contributed by atoms with E-state index in [1.54, 1.807) is 72.9 Å². The Morgan fingerprint density at radius 3 is 1.98 bits per heavy atom. The topological polar surface area (TPSA) is 215 Å². The summed E-state index contributed by atoms with van der Waals surface area (Å²) in [6.07, 6.45) is 1.57. The molecule has 1 aromatic heterocycles. The predicted molar refractivity (Wildman–Crippen MR) is 203 cm³/mol. The number of carbonyl (C=O) groups is 3. The zero-order valence-electron chi connectivity index (χ0n) is 29.2. The normalized spacial score (nSPS) is 11.7. The molecule has 276 valence electrons. The van der Waals surface area contributed by atoms with E-state index in [0.29, 0.717) is 50.9 Å². The van der Waals surface area contributed by atoms with E-state index in [9.17, 15) is 34.8 Å². The number of carboxylic acid groups (broad SMARTS) is 1. The standard InChI is InChI=1S/C41H34N6O8/c1-22-5-7-26(48)19-33(22)46-36-13-14-44-41(47-36)45-25-4-2-3-23(17-25)38(51)42-15-16-43-39(52)24-6-10-29(32(18-24)40(53)54)37-30-11-8-27(49)20-34(30)55-35-21-28(50)9-12-31(35)37/h2-14,17-21,37,48-50H,15-16H2,1H3,(H,42,51)(H,43,52)(H,53,54)(H2,44,45,46,47). The second kappa shape index (κ2) is 15.2. The lowest BCUT2D eigenvalue weighted by Gasteiger charge is -2.29. The van der Waals surface area contributed by atoms with Gasteiger partial charge in [0.2, 0.25) is 5.95 Å². The van der Waals surface area contributed by atoms with Gasteiger partial charge >= 0.3 is 5.97 Å². The third-order valence-electron chi connectivity index (χ3n) is 8.91. The predicted octanol–water partition coefficient (Wildman–Crippen LogP) is 6.53. The first-order chi connectivity index (χ1) is 26.5. The SMILES string of the molecule is Cc1ccc(O)cc1Nc1ccnc(Nc2cccc(C(=O)NCCNC(=O)c3ccc(C4c5ccc(O)cc5Oc5cc(O)ccc54)c(C(=O)O)c3)c2)n1. The van der Waals surface area contributed by atoms with E-state index < -0.39 is 17.8 Å². The molecular formula is C41H34N6O8. The number of aryl methyl sites for hydroxylation is 1. The van der Waals surface area contributed by atoms with Gasteiger partial charge < -0.3 is 46.4 Å². The van der Waals surface area contributed by atoms with Crippen LogP contribution in [-0.4, -0.2) is 61.3 Å². The Morgan fingerprint density at radius 1 is 0.691 bits per heavy atom. The van der Waals surface area contributed by atoms with Crippen molar-refractivity contribution in [1.82, 2.24) is 20.6 Å². The number of phenolic OH excluding ortho intramolecular Hbond substituents is 3. The maximum absolute atomic E-state index is 13.1. The van der Waals surface area contributed by atoms with E-state index in [1.807, 2.05) is 6.92 Å². The Bertz CT molecular complexity index is 2420. The number of nitrogens with one attached hydrogen (secondary N) is 4. The smallest absolute Gasteiger partial charge is 0.336 e. The molecule has 0 saturated heterocycles. The van der Waals surface area contributed by atoms with Crippen molar-refractivity contribution < 1.29 is 39.5 Å². The fourth-order valence-electron chi connectivity index (χ4n) is 6.25. The number of aromatic hydroxyl groups is 3. The number of rotatable bonds is 11. The third-order valence-corrected chi connectivity index (χ3v) is 8.91. The van der Waals surface area contributed by atoms with Crippen molar-refractivity contribution in [1.29, 1.82) is 0 Å². The number of anilines is 4. The summed E-state index contributed by atoms with van der Waals surface area (Å²) < 4.78 is 5.93. The summed E-state index contributed by atoms with van der Waals surface area (Å²) in [4.78, 5) is 47.4. The van der Waals surface area contributed by atoms with Gasteiger partial charge in [-0.15, -0.1) is 0 Å². The van der Waals surface area contributed by atoms with Crippen LogP contribution in [0.5, 0.6) is 28.7 Å². The van der Waals surface area contributed by atoms with Gasteiger partial charge in [0, 0.05) is 77.0 Å². The molecule has 1 aliphatic rings. The van der Waals surface area contributed by atoms with Crippen LogP contribution in [-0.2, 0) is 0 Å². The second-order valence-corrected chi connectivity index (χ2v) is 12.7. The van der Waals surface area contributed by atoms with Crippen LogP contribution < -0.4 is 26.0 Å². The number of fused-ring (bicyclic) bond motifs is 2. The Balaban J connectivity index is 0.981. The van der Waals surface area contributed by atoms with Gasteiger partial charge in [-0.2, -0.15) is 4.98 Å².